The summed E-state index contributed by atoms with van der Waals surface area (Å²) in [6.45, 7) is 0. The topological polar surface area (TPSA) is 12.0 Å². The molecule has 2 aromatic rings. The van der Waals surface area contributed by atoms with Gasteiger partial charge in [0.15, 0.2) is 0 Å². The van der Waals surface area contributed by atoms with Gasteiger partial charge >= 0.3 is 0 Å². The van der Waals surface area contributed by atoms with Gasteiger partial charge in [0.2, 0.25) is 0 Å². The van der Waals surface area contributed by atoms with Crippen molar-refractivity contribution in [2.24, 2.45) is 5.92 Å². The highest BCUT2D eigenvalue weighted by Gasteiger charge is 2.23. The zero-order valence-corrected chi connectivity index (χ0v) is 12.9. The summed E-state index contributed by atoms with van der Waals surface area (Å²) in [6.07, 6.45) is 5.50. The molecule has 0 amide bonds. The third kappa shape index (κ3) is 2.56. The zero-order valence-electron chi connectivity index (χ0n) is 11.3. The minimum absolute atomic E-state index is 0.475. The van der Waals surface area contributed by atoms with Gasteiger partial charge in [-0.05, 0) is 41.8 Å². The molecule has 0 aromatic heterocycles. The van der Waals surface area contributed by atoms with Crippen LogP contribution < -0.4 is 5.32 Å². The Balaban J connectivity index is 2.00. The summed E-state index contributed by atoms with van der Waals surface area (Å²) in [6, 6.07) is 13.6. The number of nitrogens with one attached hydrogen (secondary N) is 1. The van der Waals surface area contributed by atoms with Crippen molar-refractivity contribution in [2.75, 3.05) is 7.05 Å². The van der Waals surface area contributed by atoms with Crippen LogP contribution in [0.3, 0.4) is 0 Å². The molecular weight excluding hydrogens is 298 g/mol. The minimum Gasteiger partial charge on any atom is -0.313 e. The number of benzene rings is 2. The van der Waals surface area contributed by atoms with E-state index in [4.69, 9.17) is 0 Å². The third-order valence-electron chi connectivity index (χ3n) is 4.42. The van der Waals surface area contributed by atoms with Gasteiger partial charge < -0.3 is 5.32 Å². The molecule has 0 spiro atoms. The maximum atomic E-state index is 3.66. The first-order valence-corrected chi connectivity index (χ1v) is 7.93. The first kappa shape index (κ1) is 13.1. The summed E-state index contributed by atoms with van der Waals surface area (Å²) in [5.41, 5.74) is 1.44. The lowest BCUT2D eigenvalue weighted by atomic mass is 9.79. The third-order valence-corrected chi connectivity index (χ3v) is 5.11. The quantitative estimate of drug-likeness (QED) is 0.831. The molecule has 1 fully saturated rings. The van der Waals surface area contributed by atoms with Crippen LogP contribution in [-0.4, -0.2) is 7.05 Å². The molecule has 0 radical (unpaired) electrons. The maximum absolute atomic E-state index is 3.66. The summed E-state index contributed by atoms with van der Waals surface area (Å²) < 4.78 is 1.19. The van der Waals surface area contributed by atoms with Gasteiger partial charge in [0, 0.05) is 10.5 Å². The Hall–Kier alpha value is -0.860. The highest BCUT2D eigenvalue weighted by Crippen LogP contribution is 2.37. The van der Waals surface area contributed by atoms with Crippen LogP contribution in [0.15, 0.2) is 40.9 Å². The van der Waals surface area contributed by atoms with Gasteiger partial charge in [0.1, 0.15) is 0 Å². The van der Waals surface area contributed by atoms with Crippen molar-refractivity contribution in [3.63, 3.8) is 0 Å². The molecule has 100 valence electrons. The van der Waals surface area contributed by atoms with Crippen molar-refractivity contribution in [1.29, 1.82) is 0 Å². The van der Waals surface area contributed by atoms with Gasteiger partial charge in [-0.3, -0.25) is 0 Å². The summed E-state index contributed by atoms with van der Waals surface area (Å²) in [4.78, 5) is 0. The van der Waals surface area contributed by atoms with E-state index in [-0.39, 0.29) is 0 Å². The monoisotopic (exact) mass is 317 g/mol. The van der Waals surface area contributed by atoms with Gasteiger partial charge in [0.25, 0.3) is 0 Å². The Morgan fingerprint density at radius 3 is 2.53 bits per heavy atom. The summed E-state index contributed by atoms with van der Waals surface area (Å²) in [5.74, 6) is 0.917. The Morgan fingerprint density at radius 2 is 1.89 bits per heavy atom. The van der Waals surface area contributed by atoms with Crippen LogP contribution in [0.2, 0.25) is 0 Å². The molecule has 0 aliphatic heterocycles. The van der Waals surface area contributed by atoms with Crippen molar-refractivity contribution in [3.05, 3.63) is 46.4 Å². The molecule has 1 atom stereocenters. The Labute approximate surface area is 123 Å². The first-order valence-electron chi connectivity index (χ1n) is 7.14. The van der Waals surface area contributed by atoms with E-state index in [2.05, 4.69) is 64.7 Å². The zero-order chi connectivity index (χ0) is 13.2. The number of rotatable bonds is 4. The number of halogens is 1. The van der Waals surface area contributed by atoms with Crippen LogP contribution in [-0.2, 0) is 0 Å². The van der Waals surface area contributed by atoms with Crippen molar-refractivity contribution < 1.29 is 0 Å². The molecule has 1 nitrogen and oxygen atoms in total. The summed E-state index contributed by atoms with van der Waals surface area (Å²) >= 11 is 3.66. The molecule has 1 aliphatic carbocycles. The molecule has 0 heterocycles. The molecule has 1 saturated carbocycles. The molecule has 1 N–H and O–H groups in total. The molecule has 1 unspecified atom stereocenters. The van der Waals surface area contributed by atoms with E-state index in [1.54, 1.807) is 0 Å². The standard InChI is InChI=1S/C17H20BrN/c1-19-17(11-12-5-4-6-12)15-9-10-16(18)14-8-3-2-7-13(14)15/h2-3,7-10,12,17,19H,4-6,11H2,1H3. The fraction of sp³-hybridized carbons (Fsp3) is 0.412. The highest BCUT2D eigenvalue weighted by molar-refractivity contribution is 9.10. The lowest BCUT2D eigenvalue weighted by molar-refractivity contribution is 0.266. The number of fused-ring (bicyclic) bond motifs is 1. The van der Waals surface area contributed by atoms with Crippen LogP contribution in [0, 0.1) is 5.92 Å². The normalized spacial score (nSPS) is 17.4. The van der Waals surface area contributed by atoms with E-state index < -0.39 is 0 Å². The van der Waals surface area contributed by atoms with Gasteiger partial charge in [-0.15, -0.1) is 0 Å². The first-order chi connectivity index (χ1) is 9.29. The maximum Gasteiger partial charge on any atom is 0.0326 e. The van der Waals surface area contributed by atoms with Crippen molar-refractivity contribution >= 4 is 26.7 Å². The lowest BCUT2D eigenvalue weighted by Crippen LogP contribution is -2.23. The van der Waals surface area contributed by atoms with Gasteiger partial charge in [-0.1, -0.05) is 65.5 Å². The number of hydrogen-bond acceptors (Lipinski definition) is 1. The predicted octanol–water partition coefficient (Wildman–Crippen LogP) is 5.05. The van der Waals surface area contributed by atoms with Crippen LogP contribution in [0.5, 0.6) is 0 Å². The van der Waals surface area contributed by atoms with Gasteiger partial charge in [-0.2, -0.15) is 0 Å². The van der Waals surface area contributed by atoms with E-state index in [9.17, 15) is 0 Å². The van der Waals surface area contributed by atoms with E-state index >= 15 is 0 Å². The Kier molecular flexibility index (Phi) is 3.90. The van der Waals surface area contributed by atoms with Crippen LogP contribution >= 0.6 is 15.9 Å². The second kappa shape index (κ2) is 5.64. The molecule has 2 aromatic carbocycles. The second-order valence-corrected chi connectivity index (χ2v) is 6.41. The molecule has 1 aliphatic rings. The predicted molar refractivity (Wildman–Crippen MR) is 85.4 cm³/mol. The number of hydrogen-bond donors (Lipinski definition) is 1. The fourth-order valence-corrected chi connectivity index (χ4v) is 3.53. The van der Waals surface area contributed by atoms with Gasteiger partial charge in [0.05, 0.1) is 0 Å². The van der Waals surface area contributed by atoms with Crippen LogP contribution in [0.1, 0.15) is 37.3 Å². The van der Waals surface area contributed by atoms with E-state index in [0.717, 1.165) is 5.92 Å². The highest BCUT2D eigenvalue weighted by atomic mass is 79.9. The second-order valence-electron chi connectivity index (χ2n) is 5.56. The minimum atomic E-state index is 0.475. The smallest absolute Gasteiger partial charge is 0.0326 e. The Bertz CT molecular complexity index is 574. The summed E-state index contributed by atoms with van der Waals surface area (Å²) in [7, 11) is 2.08. The summed E-state index contributed by atoms with van der Waals surface area (Å²) in [5, 5.41) is 6.20. The Morgan fingerprint density at radius 1 is 1.16 bits per heavy atom. The molecule has 0 saturated heterocycles. The van der Waals surface area contributed by atoms with E-state index in [0.29, 0.717) is 6.04 Å². The van der Waals surface area contributed by atoms with Crippen LogP contribution in [0.25, 0.3) is 10.8 Å². The van der Waals surface area contributed by atoms with Crippen molar-refractivity contribution in [3.8, 4) is 0 Å². The largest absolute Gasteiger partial charge is 0.313 e. The van der Waals surface area contributed by atoms with E-state index in [1.165, 1.54) is 46.5 Å². The van der Waals surface area contributed by atoms with E-state index in [1.807, 2.05) is 0 Å². The lowest BCUT2D eigenvalue weighted by Gasteiger charge is -2.30. The molecule has 2 heteroatoms. The average molecular weight is 318 g/mol. The molecular formula is C17H20BrN. The fourth-order valence-electron chi connectivity index (χ4n) is 3.05. The SMILES string of the molecule is CNC(CC1CCC1)c1ccc(Br)c2ccccc12. The van der Waals surface area contributed by atoms with Crippen molar-refractivity contribution in [2.45, 2.75) is 31.7 Å². The van der Waals surface area contributed by atoms with Gasteiger partial charge in [-0.25, -0.2) is 0 Å². The molecule has 3 rings (SSSR count). The average Bonchev–Trinajstić information content (AvgIpc) is 2.40. The molecule has 0 bridgehead atoms. The molecule has 19 heavy (non-hydrogen) atoms. The van der Waals surface area contributed by atoms with Crippen molar-refractivity contribution in [1.82, 2.24) is 5.32 Å². The van der Waals surface area contributed by atoms with Crippen LogP contribution in [0.4, 0.5) is 0 Å².